The lowest BCUT2D eigenvalue weighted by atomic mass is 10.0. The second-order valence-corrected chi connectivity index (χ2v) is 7.55. The zero-order chi connectivity index (χ0) is 19.7. The molecule has 0 N–H and O–H groups in total. The Kier molecular flexibility index (Phi) is 4.98. The molecule has 2 aromatic heterocycles. The fourth-order valence-electron chi connectivity index (χ4n) is 3.81. The first-order valence-electron chi connectivity index (χ1n) is 9.84. The Hall–Kier alpha value is -2.96. The predicted molar refractivity (Wildman–Crippen MR) is 108 cm³/mol. The van der Waals surface area contributed by atoms with E-state index in [0.29, 0.717) is 24.0 Å². The van der Waals surface area contributed by atoms with Crippen LogP contribution in [0.3, 0.4) is 0 Å². The molecule has 1 atom stereocenters. The number of benzene rings is 1. The number of fused-ring (bicyclic) bond motifs is 1. The average molecular weight is 379 g/mol. The molecule has 3 aromatic rings. The van der Waals surface area contributed by atoms with E-state index in [1.807, 2.05) is 36.1 Å². The minimum Gasteiger partial charge on any atom is -0.340 e. The molecule has 7 heteroatoms. The van der Waals surface area contributed by atoms with E-state index < -0.39 is 0 Å². The number of carbonyl (C=O) groups is 1. The summed E-state index contributed by atoms with van der Waals surface area (Å²) in [6, 6.07) is 8.18. The van der Waals surface area contributed by atoms with Gasteiger partial charge in [0, 0.05) is 25.6 Å². The Bertz CT molecular complexity index is 1050. The number of hydrogen-bond donors (Lipinski definition) is 0. The molecule has 1 aliphatic rings. The van der Waals surface area contributed by atoms with E-state index in [1.165, 1.54) is 17.3 Å². The van der Waals surface area contributed by atoms with Crippen molar-refractivity contribution in [3.63, 3.8) is 0 Å². The van der Waals surface area contributed by atoms with Crippen molar-refractivity contribution in [2.24, 2.45) is 0 Å². The Morgan fingerprint density at radius 1 is 1.21 bits per heavy atom. The van der Waals surface area contributed by atoms with Crippen molar-refractivity contribution < 1.29 is 4.79 Å². The molecule has 0 saturated carbocycles. The molecule has 1 unspecified atom stereocenters. The van der Waals surface area contributed by atoms with Gasteiger partial charge in [0.15, 0.2) is 5.65 Å². The molecule has 28 heavy (non-hydrogen) atoms. The Balaban J connectivity index is 1.54. The van der Waals surface area contributed by atoms with Crippen molar-refractivity contribution in [2.45, 2.75) is 52.1 Å². The SMILES string of the molecule is Cc1ccc(-n2ncc3c(=O)n(CCC(=O)N4CCCCC4C)cnc32)cc1. The number of hydrogen-bond acceptors (Lipinski definition) is 4. The van der Waals surface area contributed by atoms with Gasteiger partial charge < -0.3 is 4.90 Å². The van der Waals surface area contributed by atoms with E-state index in [2.05, 4.69) is 17.0 Å². The van der Waals surface area contributed by atoms with Crippen molar-refractivity contribution in [2.75, 3.05) is 6.54 Å². The number of likely N-dealkylation sites (tertiary alicyclic amines) is 1. The Labute approximate surface area is 163 Å². The molecule has 3 heterocycles. The molecule has 1 saturated heterocycles. The molecule has 0 bridgehead atoms. The van der Waals surface area contributed by atoms with Gasteiger partial charge in [0.05, 0.1) is 18.2 Å². The van der Waals surface area contributed by atoms with Gasteiger partial charge in [-0.05, 0) is 45.2 Å². The summed E-state index contributed by atoms with van der Waals surface area (Å²) in [6.45, 7) is 5.26. The molecular formula is C21H25N5O2. The average Bonchev–Trinajstić information content (AvgIpc) is 3.13. The molecule has 1 fully saturated rings. The Morgan fingerprint density at radius 3 is 2.75 bits per heavy atom. The minimum atomic E-state index is -0.164. The minimum absolute atomic E-state index is 0.106. The number of amides is 1. The van der Waals surface area contributed by atoms with Gasteiger partial charge in [-0.15, -0.1) is 0 Å². The van der Waals surface area contributed by atoms with Crippen LogP contribution in [0.25, 0.3) is 16.7 Å². The van der Waals surface area contributed by atoms with Crippen molar-refractivity contribution in [3.8, 4) is 5.69 Å². The van der Waals surface area contributed by atoms with E-state index in [1.54, 1.807) is 10.9 Å². The lowest BCUT2D eigenvalue weighted by Gasteiger charge is -2.33. The summed E-state index contributed by atoms with van der Waals surface area (Å²) in [5.41, 5.74) is 2.38. The zero-order valence-corrected chi connectivity index (χ0v) is 16.3. The van der Waals surface area contributed by atoms with Gasteiger partial charge in [0.1, 0.15) is 5.39 Å². The van der Waals surface area contributed by atoms with Crippen LogP contribution in [0.2, 0.25) is 0 Å². The van der Waals surface area contributed by atoms with Crippen molar-refractivity contribution in [1.82, 2.24) is 24.2 Å². The third-order valence-electron chi connectivity index (χ3n) is 5.52. The third kappa shape index (κ3) is 3.44. The van der Waals surface area contributed by atoms with Crippen LogP contribution in [0, 0.1) is 6.92 Å². The van der Waals surface area contributed by atoms with Gasteiger partial charge >= 0.3 is 0 Å². The lowest BCUT2D eigenvalue weighted by Crippen LogP contribution is -2.42. The van der Waals surface area contributed by atoms with Crippen LogP contribution in [-0.2, 0) is 11.3 Å². The Morgan fingerprint density at radius 2 is 2.00 bits per heavy atom. The molecule has 0 radical (unpaired) electrons. The highest BCUT2D eigenvalue weighted by atomic mass is 16.2. The highest BCUT2D eigenvalue weighted by Gasteiger charge is 2.23. The molecular weight excluding hydrogens is 354 g/mol. The van der Waals surface area contributed by atoms with Crippen LogP contribution < -0.4 is 5.56 Å². The number of nitrogens with zero attached hydrogens (tertiary/aromatic N) is 5. The summed E-state index contributed by atoms with van der Waals surface area (Å²) in [7, 11) is 0. The van der Waals surface area contributed by atoms with E-state index >= 15 is 0 Å². The number of rotatable bonds is 4. The van der Waals surface area contributed by atoms with Crippen LogP contribution in [-0.4, -0.2) is 42.7 Å². The molecule has 0 aliphatic carbocycles. The smallest absolute Gasteiger partial charge is 0.264 e. The summed E-state index contributed by atoms with van der Waals surface area (Å²) in [4.78, 5) is 31.8. The zero-order valence-electron chi connectivity index (χ0n) is 16.3. The normalized spacial score (nSPS) is 17.2. The number of piperidine rings is 1. The van der Waals surface area contributed by atoms with E-state index in [4.69, 9.17) is 0 Å². The lowest BCUT2D eigenvalue weighted by molar-refractivity contribution is -0.134. The summed E-state index contributed by atoms with van der Waals surface area (Å²) >= 11 is 0. The van der Waals surface area contributed by atoms with Crippen molar-refractivity contribution in [3.05, 3.63) is 52.7 Å². The van der Waals surface area contributed by atoms with Crippen LogP contribution in [0.1, 0.15) is 38.2 Å². The summed E-state index contributed by atoms with van der Waals surface area (Å²) in [6.07, 6.45) is 6.66. The second kappa shape index (κ2) is 7.58. The maximum absolute atomic E-state index is 12.8. The van der Waals surface area contributed by atoms with Crippen molar-refractivity contribution in [1.29, 1.82) is 0 Å². The van der Waals surface area contributed by atoms with Crippen LogP contribution >= 0.6 is 0 Å². The largest absolute Gasteiger partial charge is 0.340 e. The van der Waals surface area contributed by atoms with Crippen LogP contribution in [0.15, 0.2) is 41.6 Å². The van der Waals surface area contributed by atoms with Gasteiger partial charge in [-0.1, -0.05) is 17.7 Å². The second-order valence-electron chi connectivity index (χ2n) is 7.55. The van der Waals surface area contributed by atoms with Crippen LogP contribution in [0.4, 0.5) is 0 Å². The van der Waals surface area contributed by atoms with E-state index in [-0.39, 0.29) is 17.5 Å². The summed E-state index contributed by atoms with van der Waals surface area (Å²) < 4.78 is 3.18. The number of aryl methyl sites for hydroxylation is 2. The fraction of sp³-hybridized carbons (Fsp3) is 0.429. The maximum atomic E-state index is 12.8. The molecule has 4 rings (SSSR count). The molecule has 1 aromatic carbocycles. The monoisotopic (exact) mass is 379 g/mol. The highest BCUT2D eigenvalue weighted by Crippen LogP contribution is 2.18. The van der Waals surface area contributed by atoms with Gasteiger partial charge in [-0.2, -0.15) is 5.10 Å². The van der Waals surface area contributed by atoms with E-state index in [0.717, 1.165) is 30.6 Å². The van der Waals surface area contributed by atoms with Crippen molar-refractivity contribution >= 4 is 16.9 Å². The summed E-state index contributed by atoms with van der Waals surface area (Å²) in [5, 5.41) is 4.80. The quantitative estimate of drug-likeness (QED) is 0.699. The first kappa shape index (κ1) is 18.4. The fourth-order valence-corrected chi connectivity index (χ4v) is 3.81. The highest BCUT2D eigenvalue weighted by molar-refractivity contribution is 5.77. The first-order valence-corrected chi connectivity index (χ1v) is 9.84. The molecule has 1 amide bonds. The van der Waals surface area contributed by atoms with Gasteiger partial charge in [-0.3, -0.25) is 14.2 Å². The molecule has 0 spiro atoms. The third-order valence-corrected chi connectivity index (χ3v) is 5.52. The van der Waals surface area contributed by atoms with Crippen LogP contribution in [0.5, 0.6) is 0 Å². The van der Waals surface area contributed by atoms with Gasteiger partial charge in [0.2, 0.25) is 5.91 Å². The standard InChI is InChI=1S/C21H25N5O2/c1-15-6-8-17(9-7-15)26-20-18(13-23-26)21(28)24(14-22-20)12-10-19(27)25-11-4-3-5-16(25)2/h6-9,13-14,16H,3-5,10-12H2,1-2H3. The first-order chi connectivity index (χ1) is 13.5. The maximum Gasteiger partial charge on any atom is 0.264 e. The molecule has 1 aliphatic heterocycles. The predicted octanol–water partition coefficient (Wildman–Crippen LogP) is 2.68. The van der Waals surface area contributed by atoms with Gasteiger partial charge in [-0.25, -0.2) is 9.67 Å². The number of carbonyl (C=O) groups excluding carboxylic acids is 1. The number of aromatic nitrogens is 4. The molecule has 146 valence electrons. The molecule has 7 nitrogen and oxygen atoms in total. The summed E-state index contributed by atoms with van der Waals surface area (Å²) in [5.74, 6) is 0.106. The van der Waals surface area contributed by atoms with Gasteiger partial charge in [0.25, 0.3) is 5.56 Å². The van der Waals surface area contributed by atoms with E-state index in [9.17, 15) is 9.59 Å². The topological polar surface area (TPSA) is 73.0 Å².